The second kappa shape index (κ2) is 8.55. The van der Waals surface area contributed by atoms with Gasteiger partial charge >= 0.3 is 0 Å². The van der Waals surface area contributed by atoms with Gasteiger partial charge in [0, 0.05) is 12.4 Å². The van der Waals surface area contributed by atoms with Gasteiger partial charge in [-0.15, -0.1) is 11.6 Å². The Balaban J connectivity index is 3.47. The van der Waals surface area contributed by atoms with Crippen molar-refractivity contribution in [1.29, 1.82) is 0 Å². The number of hydrogen-bond donors (Lipinski definition) is 0. The lowest BCUT2D eigenvalue weighted by Crippen LogP contribution is -2.26. The van der Waals surface area contributed by atoms with Gasteiger partial charge < -0.3 is 4.90 Å². The smallest absolute Gasteiger partial charge is 0.0225 e. The SMILES string of the molecule is CCC(C)CN(C)CCC(C)CCCl. The molecule has 0 aliphatic rings. The highest BCUT2D eigenvalue weighted by atomic mass is 35.5. The van der Waals surface area contributed by atoms with Gasteiger partial charge in [0.1, 0.15) is 0 Å². The second-order valence-electron chi connectivity index (χ2n) is 4.65. The first-order chi connectivity index (χ1) is 6.60. The van der Waals surface area contributed by atoms with Crippen molar-refractivity contribution < 1.29 is 0 Å². The fourth-order valence-corrected chi connectivity index (χ4v) is 1.90. The van der Waals surface area contributed by atoms with Gasteiger partial charge in [0.05, 0.1) is 0 Å². The molecule has 0 rings (SSSR count). The predicted octanol–water partition coefficient (Wildman–Crippen LogP) is 3.62. The minimum atomic E-state index is 0.770. The number of halogens is 1. The summed E-state index contributed by atoms with van der Waals surface area (Å²) in [6.07, 6.45) is 3.71. The van der Waals surface area contributed by atoms with Gasteiger partial charge in [0.15, 0.2) is 0 Å². The van der Waals surface area contributed by atoms with Crippen LogP contribution >= 0.6 is 11.6 Å². The quantitative estimate of drug-likeness (QED) is 0.564. The van der Waals surface area contributed by atoms with Crippen LogP contribution in [0, 0.1) is 11.8 Å². The molecular formula is C12H26ClN. The molecule has 0 bridgehead atoms. The summed E-state index contributed by atoms with van der Waals surface area (Å²) in [4.78, 5) is 2.44. The lowest BCUT2D eigenvalue weighted by molar-refractivity contribution is 0.263. The number of nitrogens with zero attached hydrogens (tertiary/aromatic N) is 1. The summed E-state index contributed by atoms with van der Waals surface area (Å²) in [7, 11) is 2.22. The van der Waals surface area contributed by atoms with Crippen molar-refractivity contribution in [3.8, 4) is 0 Å². The minimum Gasteiger partial charge on any atom is -0.306 e. The van der Waals surface area contributed by atoms with Crippen LogP contribution in [-0.2, 0) is 0 Å². The molecular weight excluding hydrogens is 194 g/mol. The van der Waals surface area contributed by atoms with Crippen molar-refractivity contribution in [2.75, 3.05) is 26.0 Å². The summed E-state index contributed by atoms with van der Waals surface area (Å²) >= 11 is 5.70. The van der Waals surface area contributed by atoms with Crippen LogP contribution in [0.4, 0.5) is 0 Å². The third-order valence-corrected chi connectivity index (χ3v) is 3.14. The molecule has 0 aromatic rings. The summed E-state index contributed by atoms with van der Waals surface area (Å²) in [6, 6.07) is 0. The molecule has 2 unspecified atom stereocenters. The average molecular weight is 220 g/mol. The monoisotopic (exact) mass is 219 g/mol. The van der Waals surface area contributed by atoms with Crippen molar-refractivity contribution in [2.24, 2.45) is 11.8 Å². The summed E-state index contributed by atoms with van der Waals surface area (Å²) < 4.78 is 0. The molecule has 0 saturated heterocycles. The Labute approximate surface area is 94.8 Å². The summed E-state index contributed by atoms with van der Waals surface area (Å²) in [5.74, 6) is 2.39. The van der Waals surface area contributed by atoms with Crippen molar-refractivity contribution in [2.45, 2.75) is 40.0 Å². The van der Waals surface area contributed by atoms with Crippen molar-refractivity contribution in [1.82, 2.24) is 4.90 Å². The Morgan fingerprint density at radius 2 is 1.79 bits per heavy atom. The van der Waals surface area contributed by atoms with Crippen LogP contribution in [0.15, 0.2) is 0 Å². The zero-order chi connectivity index (χ0) is 11.0. The van der Waals surface area contributed by atoms with Gasteiger partial charge in [-0.05, 0) is 38.3 Å². The normalized spacial score (nSPS) is 15.9. The van der Waals surface area contributed by atoms with E-state index in [4.69, 9.17) is 11.6 Å². The average Bonchev–Trinajstić information content (AvgIpc) is 2.15. The molecule has 0 radical (unpaired) electrons. The molecule has 2 atom stereocenters. The van der Waals surface area contributed by atoms with Gasteiger partial charge in [-0.2, -0.15) is 0 Å². The van der Waals surface area contributed by atoms with Crippen LogP contribution in [0.5, 0.6) is 0 Å². The first kappa shape index (κ1) is 14.2. The van der Waals surface area contributed by atoms with E-state index in [0.29, 0.717) is 0 Å². The molecule has 0 N–H and O–H groups in total. The first-order valence-corrected chi connectivity index (χ1v) is 6.38. The Hall–Kier alpha value is 0.250. The third-order valence-electron chi connectivity index (χ3n) is 2.93. The lowest BCUT2D eigenvalue weighted by Gasteiger charge is -2.21. The molecule has 86 valence electrons. The maximum absolute atomic E-state index is 5.70. The Bertz CT molecular complexity index is 127. The number of rotatable bonds is 8. The number of alkyl halides is 1. The van der Waals surface area contributed by atoms with E-state index in [1.165, 1.54) is 25.9 Å². The molecule has 0 aromatic carbocycles. The van der Waals surface area contributed by atoms with E-state index < -0.39 is 0 Å². The predicted molar refractivity (Wildman–Crippen MR) is 66.1 cm³/mol. The standard InChI is InChI=1S/C12H26ClN/c1-5-11(2)10-14(4)9-7-12(3)6-8-13/h11-12H,5-10H2,1-4H3. The zero-order valence-electron chi connectivity index (χ0n) is 10.2. The zero-order valence-corrected chi connectivity index (χ0v) is 11.0. The molecule has 0 amide bonds. The maximum atomic E-state index is 5.70. The van der Waals surface area contributed by atoms with Crippen LogP contribution in [-0.4, -0.2) is 30.9 Å². The van der Waals surface area contributed by atoms with E-state index in [1.54, 1.807) is 0 Å². The lowest BCUT2D eigenvalue weighted by atomic mass is 10.0. The van der Waals surface area contributed by atoms with E-state index >= 15 is 0 Å². The highest BCUT2D eigenvalue weighted by Gasteiger charge is 2.06. The Morgan fingerprint density at radius 1 is 1.14 bits per heavy atom. The van der Waals surface area contributed by atoms with Crippen LogP contribution < -0.4 is 0 Å². The molecule has 0 fully saturated rings. The second-order valence-corrected chi connectivity index (χ2v) is 5.03. The minimum absolute atomic E-state index is 0.770. The highest BCUT2D eigenvalue weighted by molar-refractivity contribution is 6.17. The van der Waals surface area contributed by atoms with E-state index in [9.17, 15) is 0 Å². The van der Waals surface area contributed by atoms with Gasteiger partial charge in [0.25, 0.3) is 0 Å². The fraction of sp³-hybridized carbons (Fsp3) is 1.00. The molecule has 0 aromatic heterocycles. The van der Waals surface area contributed by atoms with E-state index in [-0.39, 0.29) is 0 Å². The van der Waals surface area contributed by atoms with Crippen LogP contribution in [0.25, 0.3) is 0 Å². The summed E-state index contributed by atoms with van der Waals surface area (Å²) in [6.45, 7) is 9.30. The van der Waals surface area contributed by atoms with Gasteiger partial charge in [-0.3, -0.25) is 0 Å². The molecule has 0 heterocycles. The van der Waals surface area contributed by atoms with Gasteiger partial charge in [-0.1, -0.05) is 27.2 Å². The van der Waals surface area contributed by atoms with Gasteiger partial charge in [-0.25, -0.2) is 0 Å². The van der Waals surface area contributed by atoms with Crippen molar-refractivity contribution in [3.63, 3.8) is 0 Å². The van der Waals surface area contributed by atoms with Crippen molar-refractivity contribution in [3.05, 3.63) is 0 Å². The van der Waals surface area contributed by atoms with E-state index in [2.05, 4.69) is 32.7 Å². The number of hydrogen-bond acceptors (Lipinski definition) is 1. The maximum Gasteiger partial charge on any atom is 0.0225 e. The van der Waals surface area contributed by atoms with E-state index in [0.717, 1.165) is 24.1 Å². The topological polar surface area (TPSA) is 3.24 Å². The highest BCUT2D eigenvalue weighted by Crippen LogP contribution is 2.10. The van der Waals surface area contributed by atoms with E-state index in [1.807, 2.05) is 0 Å². The van der Waals surface area contributed by atoms with Crippen LogP contribution in [0.1, 0.15) is 40.0 Å². The Kier molecular flexibility index (Phi) is 8.70. The largest absolute Gasteiger partial charge is 0.306 e. The van der Waals surface area contributed by atoms with Gasteiger partial charge in [0.2, 0.25) is 0 Å². The molecule has 0 aliphatic heterocycles. The summed E-state index contributed by atoms with van der Waals surface area (Å²) in [5.41, 5.74) is 0. The third kappa shape index (κ3) is 7.64. The molecule has 0 spiro atoms. The molecule has 0 saturated carbocycles. The van der Waals surface area contributed by atoms with Crippen molar-refractivity contribution >= 4 is 11.6 Å². The Morgan fingerprint density at radius 3 is 2.29 bits per heavy atom. The van der Waals surface area contributed by atoms with Crippen LogP contribution in [0.2, 0.25) is 0 Å². The molecule has 0 aliphatic carbocycles. The molecule has 14 heavy (non-hydrogen) atoms. The summed E-state index contributed by atoms with van der Waals surface area (Å²) in [5, 5.41) is 0. The molecule has 2 heteroatoms. The molecule has 1 nitrogen and oxygen atoms in total. The fourth-order valence-electron chi connectivity index (χ4n) is 1.52. The first-order valence-electron chi connectivity index (χ1n) is 5.84. The van der Waals surface area contributed by atoms with Crippen LogP contribution in [0.3, 0.4) is 0 Å².